The Morgan fingerprint density at radius 2 is 1.70 bits per heavy atom. The number of carboxylic acids is 1. The number of aromatic carboxylic acids is 1. The topological polar surface area (TPSA) is 86.5 Å². The van der Waals surface area contributed by atoms with E-state index in [1.54, 1.807) is 63.4 Å². The van der Waals surface area contributed by atoms with E-state index in [1.807, 2.05) is 4.57 Å². The van der Waals surface area contributed by atoms with Crippen LogP contribution in [0.1, 0.15) is 51.3 Å². The Labute approximate surface area is 252 Å². The number of pyridine rings is 1. The number of fused-ring (bicyclic) bond motifs is 1. The van der Waals surface area contributed by atoms with Crippen molar-refractivity contribution in [1.29, 1.82) is 0 Å². The number of aromatic nitrogens is 3. The first-order valence-corrected chi connectivity index (χ1v) is 14.2. The third kappa shape index (κ3) is 6.75. The minimum absolute atomic E-state index is 0.0118. The number of benzene rings is 3. The number of carbonyl (C=O) groups is 1. The summed E-state index contributed by atoms with van der Waals surface area (Å²) in [6.45, 7) is 4.48. The molecule has 228 valence electrons. The molecule has 0 unspecified atom stereocenters. The monoisotopic (exact) mass is 603 g/mol. The van der Waals surface area contributed by atoms with Crippen molar-refractivity contribution in [3.05, 3.63) is 112 Å². The van der Waals surface area contributed by atoms with Crippen LogP contribution in [0.3, 0.4) is 0 Å². The highest BCUT2D eigenvalue weighted by molar-refractivity contribution is 5.94. The van der Waals surface area contributed by atoms with Crippen LogP contribution in [0.15, 0.2) is 60.7 Å². The molecule has 0 atom stereocenters. The van der Waals surface area contributed by atoms with Gasteiger partial charge in [0.25, 0.3) is 0 Å². The van der Waals surface area contributed by atoms with Crippen molar-refractivity contribution in [2.75, 3.05) is 13.7 Å². The molecular weight excluding hydrogens is 571 g/mol. The van der Waals surface area contributed by atoms with Crippen molar-refractivity contribution in [3.8, 4) is 17.1 Å². The molecule has 2 heterocycles. The van der Waals surface area contributed by atoms with Gasteiger partial charge in [0.15, 0.2) is 0 Å². The van der Waals surface area contributed by atoms with Crippen molar-refractivity contribution < 1.29 is 32.5 Å². The molecule has 5 aromatic rings. The van der Waals surface area contributed by atoms with Crippen molar-refractivity contribution in [1.82, 2.24) is 14.5 Å². The second-order valence-electron chi connectivity index (χ2n) is 10.7. The van der Waals surface area contributed by atoms with Gasteiger partial charge in [-0.3, -0.25) is 0 Å². The van der Waals surface area contributed by atoms with Gasteiger partial charge in [-0.05, 0) is 79.8 Å². The van der Waals surface area contributed by atoms with Crippen LogP contribution in [0, 0.1) is 31.3 Å². The second-order valence-corrected chi connectivity index (χ2v) is 10.7. The van der Waals surface area contributed by atoms with Crippen LogP contribution in [0.4, 0.5) is 13.2 Å². The molecule has 2 aromatic heterocycles. The van der Waals surface area contributed by atoms with Gasteiger partial charge in [0.1, 0.15) is 29.9 Å². The molecule has 1 N–H and O–H groups in total. The molecule has 0 fully saturated rings. The predicted molar refractivity (Wildman–Crippen MR) is 160 cm³/mol. The van der Waals surface area contributed by atoms with Crippen molar-refractivity contribution in [2.45, 2.75) is 46.3 Å². The summed E-state index contributed by atoms with van der Waals surface area (Å²) in [5.74, 6) is -2.14. The number of aryl methyl sites for hydroxylation is 3. The summed E-state index contributed by atoms with van der Waals surface area (Å²) in [7, 11) is 1.62. The number of nitrogens with zero attached hydrogens (tertiary/aromatic N) is 3. The number of hydrogen-bond donors (Lipinski definition) is 1. The summed E-state index contributed by atoms with van der Waals surface area (Å²) in [6, 6.07) is 15.0. The molecule has 10 heteroatoms. The zero-order valence-corrected chi connectivity index (χ0v) is 24.7. The Kier molecular flexibility index (Phi) is 9.29. The molecule has 0 spiro atoms. The van der Waals surface area contributed by atoms with Gasteiger partial charge in [-0.2, -0.15) is 0 Å². The summed E-state index contributed by atoms with van der Waals surface area (Å²) >= 11 is 0. The van der Waals surface area contributed by atoms with E-state index < -0.39 is 23.4 Å². The SMILES string of the molecule is COCCCCn1c(Cc2cc(F)c(-c3cccc(OCc4ccc(C)cc4F)n3)cc2F)nc2cc(C)c(C(=O)O)cc21. The third-order valence-electron chi connectivity index (χ3n) is 7.45. The molecule has 0 bridgehead atoms. The van der Waals surface area contributed by atoms with E-state index in [4.69, 9.17) is 9.47 Å². The van der Waals surface area contributed by atoms with E-state index in [0.717, 1.165) is 30.5 Å². The number of ether oxygens (including phenoxy) is 2. The average molecular weight is 604 g/mol. The number of imidazole rings is 1. The molecule has 0 aliphatic carbocycles. The normalized spacial score (nSPS) is 11.3. The zero-order chi connectivity index (χ0) is 31.4. The van der Waals surface area contributed by atoms with Gasteiger partial charge in [0, 0.05) is 43.9 Å². The summed E-state index contributed by atoms with van der Waals surface area (Å²) < 4.78 is 57.9. The van der Waals surface area contributed by atoms with Crippen LogP contribution in [-0.4, -0.2) is 39.3 Å². The van der Waals surface area contributed by atoms with Crippen molar-refractivity contribution in [2.24, 2.45) is 0 Å². The number of hydrogen-bond acceptors (Lipinski definition) is 5. The Hall–Kier alpha value is -4.70. The van der Waals surface area contributed by atoms with Crippen LogP contribution >= 0.6 is 0 Å². The first kappa shape index (κ1) is 30.7. The fourth-order valence-corrected chi connectivity index (χ4v) is 5.11. The van der Waals surface area contributed by atoms with Gasteiger partial charge in [0.05, 0.1) is 22.3 Å². The lowest BCUT2D eigenvalue weighted by Gasteiger charge is -2.12. The standard InChI is InChI=1S/C34H32F3N3O4/c1-20-9-10-22(26(35)13-20)19-44-33-8-6-7-29(39-33)25-17-27(36)23(15-28(25)37)16-32-38-30-14-21(2)24(34(41)42)18-31(30)40(32)11-4-5-12-43-3/h6-10,13-15,17-18H,4-5,11-12,16,19H2,1-3H3,(H,41,42). The number of methoxy groups -OCH3 is 1. The molecule has 7 nitrogen and oxygen atoms in total. The lowest BCUT2D eigenvalue weighted by Crippen LogP contribution is -2.08. The fourth-order valence-electron chi connectivity index (χ4n) is 5.11. The molecular formula is C34H32F3N3O4. The summed E-state index contributed by atoms with van der Waals surface area (Å²) in [5.41, 5.74) is 3.26. The zero-order valence-electron chi connectivity index (χ0n) is 24.7. The van der Waals surface area contributed by atoms with Crippen LogP contribution in [0.5, 0.6) is 5.88 Å². The van der Waals surface area contributed by atoms with Gasteiger partial charge in [-0.15, -0.1) is 0 Å². The number of rotatable bonds is 12. The lowest BCUT2D eigenvalue weighted by molar-refractivity contribution is 0.0696. The molecule has 0 saturated carbocycles. The van der Waals surface area contributed by atoms with Gasteiger partial charge in [-0.25, -0.2) is 27.9 Å². The van der Waals surface area contributed by atoms with Gasteiger partial charge in [0.2, 0.25) is 5.88 Å². The number of carboxylic acid groups (broad SMARTS) is 1. The summed E-state index contributed by atoms with van der Waals surface area (Å²) in [4.78, 5) is 20.8. The quantitative estimate of drug-likeness (QED) is 0.149. The minimum atomic E-state index is -1.05. The molecule has 5 rings (SSSR count). The molecule has 0 saturated heterocycles. The Morgan fingerprint density at radius 1 is 0.909 bits per heavy atom. The average Bonchev–Trinajstić information content (AvgIpc) is 3.31. The van der Waals surface area contributed by atoms with Crippen molar-refractivity contribution >= 4 is 17.0 Å². The molecule has 3 aromatic carbocycles. The molecule has 0 amide bonds. The van der Waals surface area contributed by atoms with E-state index in [-0.39, 0.29) is 41.3 Å². The van der Waals surface area contributed by atoms with Gasteiger partial charge in [-0.1, -0.05) is 18.2 Å². The lowest BCUT2D eigenvalue weighted by atomic mass is 10.0. The first-order chi connectivity index (χ1) is 21.1. The maximum Gasteiger partial charge on any atom is 0.336 e. The van der Waals surface area contributed by atoms with Crippen LogP contribution in [0.25, 0.3) is 22.3 Å². The predicted octanol–water partition coefficient (Wildman–Crippen LogP) is 7.43. The number of halogens is 3. The third-order valence-corrected chi connectivity index (χ3v) is 7.45. The second kappa shape index (κ2) is 13.3. The highest BCUT2D eigenvalue weighted by Crippen LogP contribution is 2.29. The van der Waals surface area contributed by atoms with E-state index in [0.29, 0.717) is 41.1 Å². The largest absolute Gasteiger partial charge is 0.478 e. The van der Waals surface area contributed by atoms with Crippen LogP contribution in [0.2, 0.25) is 0 Å². The smallest absolute Gasteiger partial charge is 0.336 e. The maximum absolute atomic E-state index is 15.5. The maximum atomic E-state index is 15.5. The van der Waals surface area contributed by atoms with E-state index >= 15 is 8.78 Å². The molecule has 44 heavy (non-hydrogen) atoms. The highest BCUT2D eigenvalue weighted by Gasteiger charge is 2.19. The van der Waals surface area contributed by atoms with Crippen LogP contribution in [-0.2, 0) is 24.3 Å². The fraction of sp³-hybridized carbons (Fsp3) is 0.265. The first-order valence-electron chi connectivity index (χ1n) is 14.2. The highest BCUT2D eigenvalue weighted by atomic mass is 19.1. The van der Waals surface area contributed by atoms with E-state index in [9.17, 15) is 14.3 Å². The minimum Gasteiger partial charge on any atom is -0.478 e. The van der Waals surface area contributed by atoms with E-state index in [1.165, 1.54) is 6.07 Å². The van der Waals surface area contributed by atoms with Gasteiger partial charge < -0.3 is 19.1 Å². The molecule has 0 aliphatic heterocycles. The Morgan fingerprint density at radius 3 is 2.45 bits per heavy atom. The van der Waals surface area contributed by atoms with Gasteiger partial charge >= 0.3 is 5.97 Å². The molecule has 0 radical (unpaired) electrons. The summed E-state index contributed by atoms with van der Waals surface area (Å²) in [6.07, 6.45) is 1.47. The Bertz CT molecular complexity index is 1840. The Balaban J connectivity index is 1.42. The number of unbranched alkanes of at least 4 members (excludes halogenated alkanes) is 1. The van der Waals surface area contributed by atoms with Crippen LogP contribution < -0.4 is 4.74 Å². The summed E-state index contributed by atoms with van der Waals surface area (Å²) in [5, 5.41) is 9.64. The van der Waals surface area contributed by atoms with E-state index in [2.05, 4.69) is 9.97 Å². The van der Waals surface area contributed by atoms with Crippen molar-refractivity contribution in [3.63, 3.8) is 0 Å². The molecule has 0 aliphatic rings.